The van der Waals surface area contributed by atoms with Crippen LogP contribution in [0.3, 0.4) is 0 Å². The van der Waals surface area contributed by atoms with E-state index in [1.165, 1.54) is 12.8 Å². The van der Waals surface area contributed by atoms with Crippen molar-refractivity contribution in [2.24, 2.45) is 10.9 Å². The summed E-state index contributed by atoms with van der Waals surface area (Å²) < 4.78 is 0. The standard InChI is InChI=1S/C12H14N2/c1-2-4-10-7-12(14-8-10)11-5-3-6-13-9-11/h3,5-10H,2,4H2,1H3. The highest BCUT2D eigenvalue weighted by Gasteiger charge is 2.10. The molecule has 0 spiro atoms. The summed E-state index contributed by atoms with van der Waals surface area (Å²) in [6.45, 7) is 2.20. The van der Waals surface area contributed by atoms with Gasteiger partial charge in [0.05, 0.1) is 5.70 Å². The molecule has 2 nitrogen and oxygen atoms in total. The van der Waals surface area contributed by atoms with Gasteiger partial charge >= 0.3 is 0 Å². The first-order valence-electron chi connectivity index (χ1n) is 5.06. The molecular weight excluding hydrogens is 172 g/mol. The largest absolute Gasteiger partial charge is 0.264 e. The molecule has 2 heterocycles. The van der Waals surface area contributed by atoms with Gasteiger partial charge in [-0.3, -0.25) is 9.98 Å². The third-order valence-corrected chi connectivity index (χ3v) is 2.36. The van der Waals surface area contributed by atoms with Crippen molar-refractivity contribution in [3.63, 3.8) is 0 Å². The second kappa shape index (κ2) is 4.18. The minimum Gasteiger partial charge on any atom is -0.264 e. The predicted molar refractivity (Wildman–Crippen MR) is 59.1 cm³/mol. The monoisotopic (exact) mass is 186 g/mol. The highest BCUT2D eigenvalue weighted by Crippen LogP contribution is 2.23. The van der Waals surface area contributed by atoms with Crippen LogP contribution in [0, 0.1) is 5.92 Å². The normalized spacial score (nSPS) is 19.8. The minimum atomic E-state index is 0.523. The zero-order chi connectivity index (χ0) is 9.80. The first kappa shape index (κ1) is 9.13. The number of hydrogen-bond acceptors (Lipinski definition) is 2. The molecule has 0 aliphatic carbocycles. The average molecular weight is 186 g/mol. The Morgan fingerprint density at radius 3 is 3.07 bits per heavy atom. The number of rotatable bonds is 3. The molecule has 1 unspecified atom stereocenters. The molecule has 0 N–H and O–H groups in total. The first-order chi connectivity index (χ1) is 6.90. The zero-order valence-corrected chi connectivity index (χ0v) is 8.35. The van der Waals surface area contributed by atoms with E-state index < -0.39 is 0 Å². The predicted octanol–water partition coefficient (Wildman–Crippen LogP) is 2.92. The number of aromatic nitrogens is 1. The van der Waals surface area contributed by atoms with E-state index in [1.54, 1.807) is 6.20 Å². The van der Waals surface area contributed by atoms with Crippen LogP contribution in [0.4, 0.5) is 0 Å². The molecular formula is C12H14N2. The molecule has 2 heteroatoms. The average Bonchev–Trinajstić information content (AvgIpc) is 2.68. The number of aliphatic imine (C=N–C) groups is 1. The molecule has 0 saturated carbocycles. The fourth-order valence-corrected chi connectivity index (χ4v) is 1.64. The molecule has 0 fully saturated rings. The molecule has 14 heavy (non-hydrogen) atoms. The molecule has 2 rings (SSSR count). The summed E-state index contributed by atoms with van der Waals surface area (Å²) in [6, 6.07) is 3.99. The van der Waals surface area contributed by atoms with Crippen LogP contribution >= 0.6 is 0 Å². The van der Waals surface area contributed by atoms with Gasteiger partial charge in [-0.05, 0) is 24.6 Å². The summed E-state index contributed by atoms with van der Waals surface area (Å²) in [7, 11) is 0. The van der Waals surface area contributed by atoms with E-state index >= 15 is 0 Å². The molecule has 1 aromatic rings. The van der Waals surface area contributed by atoms with Crippen molar-refractivity contribution in [1.29, 1.82) is 0 Å². The van der Waals surface area contributed by atoms with E-state index in [2.05, 4.69) is 23.0 Å². The summed E-state index contributed by atoms with van der Waals surface area (Å²) in [5, 5.41) is 0. The van der Waals surface area contributed by atoms with E-state index in [0.29, 0.717) is 5.92 Å². The molecule has 0 radical (unpaired) electrons. The molecule has 0 saturated heterocycles. The van der Waals surface area contributed by atoms with E-state index in [-0.39, 0.29) is 0 Å². The zero-order valence-electron chi connectivity index (χ0n) is 8.35. The molecule has 1 aromatic heterocycles. The summed E-state index contributed by atoms with van der Waals surface area (Å²) in [5.41, 5.74) is 2.18. The fraction of sp³-hybridized carbons (Fsp3) is 0.333. The second-order valence-electron chi connectivity index (χ2n) is 3.52. The minimum absolute atomic E-state index is 0.523. The van der Waals surface area contributed by atoms with Crippen molar-refractivity contribution in [1.82, 2.24) is 4.98 Å². The quantitative estimate of drug-likeness (QED) is 0.712. The van der Waals surface area contributed by atoms with Crippen LogP contribution < -0.4 is 0 Å². The van der Waals surface area contributed by atoms with E-state index in [9.17, 15) is 0 Å². The van der Waals surface area contributed by atoms with Gasteiger partial charge in [0, 0.05) is 30.1 Å². The van der Waals surface area contributed by atoms with Crippen molar-refractivity contribution in [3.8, 4) is 0 Å². The number of pyridine rings is 1. The number of nitrogens with zero attached hydrogens (tertiary/aromatic N) is 2. The van der Waals surface area contributed by atoms with Crippen LogP contribution in [0.25, 0.3) is 5.70 Å². The van der Waals surface area contributed by atoms with Crippen LogP contribution in [0.5, 0.6) is 0 Å². The van der Waals surface area contributed by atoms with Crippen LogP contribution in [0.15, 0.2) is 35.6 Å². The Hall–Kier alpha value is -1.44. The fourth-order valence-electron chi connectivity index (χ4n) is 1.64. The summed E-state index contributed by atoms with van der Waals surface area (Å²) in [4.78, 5) is 8.49. The summed E-state index contributed by atoms with van der Waals surface area (Å²) >= 11 is 0. The van der Waals surface area contributed by atoms with Crippen molar-refractivity contribution < 1.29 is 0 Å². The van der Waals surface area contributed by atoms with Crippen LogP contribution in [0.2, 0.25) is 0 Å². The van der Waals surface area contributed by atoms with Crippen molar-refractivity contribution in [2.45, 2.75) is 19.8 Å². The van der Waals surface area contributed by atoms with Crippen LogP contribution in [0.1, 0.15) is 25.3 Å². The van der Waals surface area contributed by atoms with Gasteiger partial charge in [-0.1, -0.05) is 13.3 Å². The van der Waals surface area contributed by atoms with Crippen molar-refractivity contribution in [2.75, 3.05) is 0 Å². The van der Waals surface area contributed by atoms with E-state index in [1.807, 2.05) is 24.5 Å². The summed E-state index contributed by atoms with van der Waals surface area (Å²) in [6.07, 6.45) is 10.3. The van der Waals surface area contributed by atoms with Gasteiger partial charge in [-0.25, -0.2) is 0 Å². The SMILES string of the molecule is CCCC1C=NC(c2cccnc2)=C1. The van der Waals surface area contributed by atoms with Gasteiger partial charge in [0.15, 0.2) is 0 Å². The Balaban J connectivity index is 2.15. The van der Waals surface area contributed by atoms with Gasteiger partial charge in [-0.15, -0.1) is 0 Å². The highest BCUT2D eigenvalue weighted by atomic mass is 14.8. The van der Waals surface area contributed by atoms with Gasteiger partial charge in [0.25, 0.3) is 0 Å². The third kappa shape index (κ3) is 1.90. The molecule has 1 aliphatic heterocycles. The maximum atomic E-state index is 4.40. The lowest BCUT2D eigenvalue weighted by Gasteiger charge is -1.99. The van der Waals surface area contributed by atoms with Gasteiger partial charge in [0.2, 0.25) is 0 Å². The Kier molecular flexibility index (Phi) is 2.73. The number of hydrogen-bond donors (Lipinski definition) is 0. The Morgan fingerprint density at radius 2 is 2.36 bits per heavy atom. The second-order valence-corrected chi connectivity index (χ2v) is 3.52. The molecule has 0 amide bonds. The van der Waals surface area contributed by atoms with Crippen LogP contribution in [-0.2, 0) is 0 Å². The van der Waals surface area contributed by atoms with E-state index in [4.69, 9.17) is 0 Å². The van der Waals surface area contributed by atoms with Gasteiger partial charge in [-0.2, -0.15) is 0 Å². The lowest BCUT2D eigenvalue weighted by Crippen LogP contribution is -1.92. The highest BCUT2D eigenvalue weighted by molar-refractivity contribution is 5.82. The Bertz CT molecular complexity index is 352. The Morgan fingerprint density at radius 1 is 1.43 bits per heavy atom. The van der Waals surface area contributed by atoms with E-state index in [0.717, 1.165) is 11.3 Å². The molecule has 72 valence electrons. The van der Waals surface area contributed by atoms with Crippen molar-refractivity contribution >= 4 is 11.9 Å². The maximum absolute atomic E-state index is 4.40. The smallest absolute Gasteiger partial charge is 0.0680 e. The van der Waals surface area contributed by atoms with Crippen molar-refractivity contribution in [3.05, 3.63) is 36.2 Å². The van der Waals surface area contributed by atoms with Gasteiger partial charge in [0.1, 0.15) is 0 Å². The topological polar surface area (TPSA) is 25.2 Å². The molecule has 0 bridgehead atoms. The lowest BCUT2D eigenvalue weighted by atomic mass is 10.0. The van der Waals surface area contributed by atoms with Crippen LogP contribution in [-0.4, -0.2) is 11.2 Å². The number of allylic oxidation sites excluding steroid dienone is 1. The molecule has 0 aromatic carbocycles. The third-order valence-electron chi connectivity index (χ3n) is 2.36. The molecule has 1 aliphatic rings. The Labute approximate surface area is 84.4 Å². The first-order valence-corrected chi connectivity index (χ1v) is 5.06. The van der Waals surface area contributed by atoms with Gasteiger partial charge < -0.3 is 0 Å². The summed E-state index contributed by atoms with van der Waals surface area (Å²) in [5.74, 6) is 0.523. The maximum Gasteiger partial charge on any atom is 0.0680 e. The lowest BCUT2D eigenvalue weighted by molar-refractivity contribution is 0.738. The molecule has 1 atom stereocenters.